The number of aromatic nitrogens is 3. The molecule has 0 atom stereocenters. The molecule has 0 bridgehead atoms. The highest BCUT2D eigenvalue weighted by molar-refractivity contribution is 5.66. The van der Waals surface area contributed by atoms with Crippen molar-refractivity contribution in [1.29, 1.82) is 0 Å². The van der Waals surface area contributed by atoms with Crippen molar-refractivity contribution in [3.05, 3.63) is 77.4 Å². The molecule has 1 aromatic carbocycles. The third-order valence-corrected chi connectivity index (χ3v) is 3.57. The van der Waals surface area contributed by atoms with Gasteiger partial charge in [-0.1, -0.05) is 49.6 Å². The first-order chi connectivity index (χ1) is 11.2. The molecule has 0 aliphatic carbocycles. The van der Waals surface area contributed by atoms with Crippen LogP contribution in [-0.2, 0) is 0 Å². The first-order valence-electron chi connectivity index (χ1n) is 7.37. The Kier molecular flexibility index (Phi) is 4.11. The predicted octanol–water partition coefficient (Wildman–Crippen LogP) is 2.89. The van der Waals surface area contributed by atoms with Gasteiger partial charge in [-0.3, -0.25) is 0 Å². The van der Waals surface area contributed by atoms with Crippen molar-refractivity contribution in [3.8, 4) is 22.8 Å². The lowest BCUT2D eigenvalue weighted by Crippen LogP contribution is -2.28. The molecule has 0 radical (unpaired) electrons. The van der Waals surface area contributed by atoms with Crippen LogP contribution in [0.25, 0.3) is 35.4 Å². The Bertz CT molecular complexity index is 974. The number of allylic oxidation sites excluding steroid dienone is 1. The summed E-state index contributed by atoms with van der Waals surface area (Å²) in [4.78, 5) is 13.6. The molecule has 23 heavy (non-hydrogen) atoms. The minimum Gasteiger partial charge on any atom is -0.244 e. The molecule has 0 amide bonds. The Labute approximate surface area is 135 Å². The summed E-state index contributed by atoms with van der Waals surface area (Å²) < 4.78 is 0. The van der Waals surface area contributed by atoms with Crippen LogP contribution in [-0.4, -0.2) is 15.0 Å². The minimum absolute atomic E-state index is 0.584. The first kappa shape index (κ1) is 14.9. The summed E-state index contributed by atoms with van der Waals surface area (Å²) in [5, 5.41) is 1.52. The molecule has 3 nitrogen and oxygen atoms in total. The number of benzene rings is 1. The highest BCUT2D eigenvalue weighted by Crippen LogP contribution is 2.23. The van der Waals surface area contributed by atoms with Crippen LogP contribution in [0.5, 0.6) is 0 Å². The van der Waals surface area contributed by atoms with Gasteiger partial charge < -0.3 is 0 Å². The van der Waals surface area contributed by atoms with Crippen molar-refractivity contribution in [1.82, 2.24) is 15.0 Å². The van der Waals surface area contributed by atoms with Crippen LogP contribution in [0.4, 0.5) is 0 Å². The molecule has 0 unspecified atom stereocenters. The molecule has 2 heterocycles. The van der Waals surface area contributed by atoms with Crippen LogP contribution in [0.2, 0.25) is 0 Å². The molecular weight excluding hydrogens is 282 g/mol. The maximum atomic E-state index is 4.72. The maximum absolute atomic E-state index is 4.72. The van der Waals surface area contributed by atoms with Gasteiger partial charge in [0.05, 0.1) is 11.0 Å². The summed E-state index contributed by atoms with van der Waals surface area (Å²) in [6.07, 6.45) is 5.22. The summed E-state index contributed by atoms with van der Waals surface area (Å²) in [5.74, 6) is 0.584. The van der Waals surface area contributed by atoms with Crippen LogP contribution >= 0.6 is 0 Å². The number of aryl methyl sites for hydroxylation is 1. The zero-order valence-corrected chi connectivity index (χ0v) is 13.0. The van der Waals surface area contributed by atoms with Crippen LogP contribution in [0.3, 0.4) is 0 Å². The van der Waals surface area contributed by atoms with E-state index in [1.54, 1.807) is 12.3 Å². The van der Waals surface area contributed by atoms with Gasteiger partial charge in [-0.05, 0) is 30.7 Å². The van der Waals surface area contributed by atoms with Gasteiger partial charge in [0.2, 0.25) is 0 Å². The Morgan fingerprint density at radius 2 is 1.74 bits per heavy atom. The predicted molar refractivity (Wildman–Crippen MR) is 94.9 cm³/mol. The van der Waals surface area contributed by atoms with Crippen LogP contribution in [0.15, 0.2) is 61.3 Å². The average molecular weight is 299 g/mol. The Hall–Kier alpha value is -3.07. The SMILES string of the molecule is C=C/C=c1/nc(-c2cccc(-c3ccccc3C)n2)ncc1=C. The van der Waals surface area contributed by atoms with Crippen LogP contribution in [0, 0.1) is 6.92 Å². The van der Waals surface area contributed by atoms with Crippen molar-refractivity contribution >= 4 is 12.7 Å². The standard InChI is InChI=1S/C20H17N3/c1-4-8-17-15(3)13-21-20(23-17)19-12-7-11-18(22-19)16-10-6-5-9-14(16)2/h4-13H,1,3H2,2H3/b17-8+. The third-order valence-electron chi connectivity index (χ3n) is 3.57. The number of nitrogens with zero attached hydrogens (tertiary/aromatic N) is 3. The highest BCUT2D eigenvalue weighted by Gasteiger charge is 2.07. The van der Waals surface area contributed by atoms with Gasteiger partial charge in [0.1, 0.15) is 5.69 Å². The molecule has 0 fully saturated rings. The third kappa shape index (κ3) is 3.09. The lowest BCUT2D eigenvalue weighted by atomic mass is 10.1. The second kappa shape index (κ2) is 6.36. The zero-order valence-electron chi connectivity index (χ0n) is 13.0. The number of rotatable bonds is 3. The van der Waals surface area contributed by atoms with Gasteiger partial charge in [0.15, 0.2) is 5.82 Å². The molecule has 3 aromatic rings. The van der Waals surface area contributed by atoms with Gasteiger partial charge in [0.25, 0.3) is 0 Å². The molecule has 0 saturated heterocycles. The van der Waals surface area contributed by atoms with Gasteiger partial charge in [-0.2, -0.15) is 0 Å². The van der Waals surface area contributed by atoms with E-state index in [9.17, 15) is 0 Å². The fraction of sp³-hybridized carbons (Fsp3) is 0.0500. The average Bonchev–Trinajstić information content (AvgIpc) is 2.58. The van der Waals surface area contributed by atoms with E-state index in [1.165, 1.54) is 5.56 Å². The largest absolute Gasteiger partial charge is 0.244 e. The Morgan fingerprint density at radius 3 is 2.52 bits per heavy atom. The highest BCUT2D eigenvalue weighted by atomic mass is 14.9. The molecule has 0 aliphatic heterocycles. The van der Waals surface area contributed by atoms with E-state index in [0.717, 1.165) is 27.5 Å². The van der Waals surface area contributed by atoms with Crippen molar-refractivity contribution in [3.63, 3.8) is 0 Å². The monoisotopic (exact) mass is 299 g/mol. The number of hydrogen-bond acceptors (Lipinski definition) is 3. The second-order valence-corrected chi connectivity index (χ2v) is 5.23. The van der Waals surface area contributed by atoms with E-state index in [1.807, 2.05) is 36.4 Å². The fourth-order valence-corrected chi connectivity index (χ4v) is 2.37. The van der Waals surface area contributed by atoms with Gasteiger partial charge in [0, 0.05) is 17.0 Å². The normalized spacial score (nSPS) is 11.4. The summed E-state index contributed by atoms with van der Waals surface area (Å²) in [5.41, 5.74) is 3.95. The molecule has 0 N–H and O–H groups in total. The number of pyridine rings is 1. The quantitative estimate of drug-likeness (QED) is 0.746. The Balaban J connectivity index is 2.13. The van der Waals surface area contributed by atoms with Gasteiger partial charge >= 0.3 is 0 Å². The summed E-state index contributed by atoms with van der Waals surface area (Å²) >= 11 is 0. The van der Waals surface area contributed by atoms with Gasteiger partial charge in [-0.25, -0.2) is 15.0 Å². The van der Waals surface area contributed by atoms with Crippen molar-refractivity contribution < 1.29 is 0 Å². The van der Waals surface area contributed by atoms with Gasteiger partial charge in [-0.15, -0.1) is 0 Å². The number of hydrogen-bond donors (Lipinski definition) is 0. The molecule has 3 rings (SSSR count). The molecule has 0 spiro atoms. The first-order valence-corrected chi connectivity index (χ1v) is 7.37. The lowest BCUT2D eigenvalue weighted by molar-refractivity contribution is 1.09. The summed E-state index contributed by atoms with van der Waals surface area (Å²) in [7, 11) is 0. The summed E-state index contributed by atoms with van der Waals surface area (Å²) in [6, 6.07) is 14.1. The molecule has 3 heteroatoms. The van der Waals surface area contributed by atoms with E-state index in [2.05, 4.69) is 42.2 Å². The van der Waals surface area contributed by atoms with E-state index in [4.69, 9.17) is 4.98 Å². The van der Waals surface area contributed by atoms with Crippen LogP contribution < -0.4 is 10.6 Å². The smallest absolute Gasteiger partial charge is 0.178 e. The molecule has 0 saturated carbocycles. The van der Waals surface area contributed by atoms with Crippen molar-refractivity contribution in [2.24, 2.45) is 0 Å². The van der Waals surface area contributed by atoms with E-state index in [-0.39, 0.29) is 0 Å². The molecule has 112 valence electrons. The lowest BCUT2D eigenvalue weighted by Gasteiger charge is -2.06. The molecule has 2 aromatic heterocycles. The zero-order chi connectivity index (χ0) is 16.2. The molecular formula is C20H17N3. The summed E-state index contributed by atoms with van der Waals surface area (Å²) in [6.45, 7) is 9.71. The van der Waals surface area contributed by atoms with Crippen molar-refractivity contribution in [2.75, 3.05) is 0 Å². The minimum atomic E-state index is 0.584. The maximum Gasteiger partial charge on any atom is 0.178 e. The Morgan fingerprint density at radius 1 is 0.957 bits per heavy atom. The molecule has 0 aliphatic rings. The van der Waals surface area contributed by atoms with Crippen molar-refractivity contribution in [2.45, 2.75) is 6.92 Å². The fourth-order valence-electron chi connectivity index (χ4n) is 2.37. The van der Waals surface area contributed by atoms with E-state index >= 15 is 0 Å². The van der Waals surface area contributed by atoms with E-state index < -0.39 is 0 Å². The van der Waals surface area contributed by atoms with E-state index in [0.29, 0.717) is 5.82 Å². The topological polar surface area (TPSA) is 38.7 Å². The van der Waals surface area contributed by atoms with Crippen LogP contribution in [0.1, 0.15) is 5.56 Å². The second-order valence-electron chi connectivity index (χ2n) is 5.23.